The van der Waals surface area contributed by atoms with E-state index in [0.29, 0.717) is 18.8 Å². The highest BCUT2D eigenvalue weighted by Gasteiger charge is 2.11. The number of anilines is 1. The smallest absolute Gasteiger partial charge is 0.345 e. The molecule has 0 atom stereocenters. The van der Waals surface area contributed by atoms with Gasteiger partial charge in [-0.2, -0.15) is 0 Å². The number of benzene rings is 1. The molecule has 0 amide bonds. The molecule has 9 nitrogen and oxygen atoms in total. The van der Waals surface area contributed by atoms with Gasteiger partial charge in [0.2, 0.25) is 5.13 Å². The first kappa shape index (κ1) is 18.5. The number of carboxylic acids is 1. The van der Waals surface area contributed by atoms with Crippen molar-refractivity contribution in [3.63, 3.8) is 0 Å². The maximum absolute atomic E-state index is 10.7. The van der Waals surface area contributed by atoms with Gasteiger partial charge >= 0.3 is 11.0 Å². The second-order valence-electron chi connectivity index (χ2n) is 5.13. The second kappa shape index (κ2) is 8.29. The molecule has 0 aliphatic heterocycles. The van der Waals surface area contributed by atoms with Crippen molar-refractivity contribution in [2.24, 2.45) is 10.2 Å². The molecule has 2 rings (SSSR count). The highest BCUT2D eigenvalue weighted by Crippen LogP contribution is 2.30. The van der Waals surface area contributed by atoms with E-state index in [0.717, 1.165) is 28.8 Å². The predicted octanol–water partition coefficient (Wildman–Crippen LogP) is 4.08. The molecule has 1 aromatic carbocycles. The molecule has 0 saturated heterocycles. The van der Waals surface area contributed by atoms with Crippen molar-refractivity contribution in [2.45, 2.75) is 20.3 Å². The summed E-state index contributed by atoms with van der Waals surface area (Å²) < 4.78 is 0. The summed E-state index contributed by atoms with van der Waals surface area (Å²) in [6.07, 6.45) is 1.22. The van der Waals surface area contributed by atoms with Crippen LogP contribution in [0.25, 0.3) is 0 Å². The Morgan fingerprint density at radius 2 is 2.20 bits per heavy atom. The van der Waals surface area contributed by atoms with Gasteiger partial charge in [-0.05, 0) is 48.9 Å². The van der Waals surface area contributed by atoms with Crippen LogP contribution in [0.3, 0.4) is 0 Å². The molecule has 0 aliphatic rings. The Labute approximate surface area is 147 Å². The van der Waals surface area contributed by atoms with Gasteiger partial charge in [0, 0.05) is 18.8 Å². The van der Waals surface area contributed by atoms with Crippen molar-refractivity contribution < 1.29 is 14.8 Å². The zero-order chi connectivity index (χ0) is 18.4. The number of azo groups is 1. The minimum Gasteiger partial charge on any atom is -0.481 e. The maximum atomic E-state index is 10.7. The average Bonchev–Trinajstić information content (AvgIpc) is 3.03. The molecule has 0 fully saturated rings. The first-order valence-corrected chi connectivity index (χ1v) is 8.31. The summed E-state index contributed by atoms with van der Waals surface area (Å²) in [5.41, 5.74) is 2.39. The van der Waals surface area contributed by atoms with Crippen LogP contribution >= 0.6 is 11.3 Å². The normalized spacial score (nSPS) is 11.0. The molecule has 132 valence electrons. The lowest BCUT2D eigenvalue weighted by molar-refractivity contribution is -0.380. The van der Waals surface area contributed by atoms with Crippen molar-refractivity contribution in [3.05, 3.63) is 40.1 Å². The predicted molar refractivity (Wildman–Crippen MR) is 94.3 cm³/mol. The average molecular weight is 363 g/mol. The Morgan fingerprint density at radius 3 is 2.76 bits per heavy atom. The van der Waals surface area contributed by atoms with E-state index in [1.807, 2.05) is 30.9 Å². The summed E-state index contributed by atoms with van der Waals surface area (Å²) in [4.78, 5) is 26.6. The van der Waals surface area contributed by atoms with Crippen LogP contribution in [0.4, 0.5) is 21.5 Å². The number of nitrogens with zero attached hydrogens (tertiary/aromatic N) is 5. The van der Waals surface area contributed by atoms with Gasteiger partial charge in [-0.15, -0.1) is 10.2 Å². The number of hydrogen-bond donors (Lipinski definition) is 1. The standard InChI is InChI=1S/C15H17N5O4S/c1-3-19(7-6-14(21)22)11-4-5-12(10(2)8-11)17-18-15-16-9-13(25-15)20(23)24/h4-5,8-9H,3,6-7H2,1-2H3,(H,21,22). The Bertz CT molecular complexity index is 805. The molecule has 2 aromatic rings. The van der Waals surface area contributed by atoms with Gasteiger partial charge in [-0.1, -0.05) is 0 Å². The molecular formula is C15H17N5O4S. The first-order valence-electron chi connectivity index (χ1n) is 7.50. The fourth-order valence-corrected chi connectivity index (χ4v) is 2.69. The van der Waals surface area contributed by atoms with Crippen LogP contribution in [-0.2, 0) is 4.79 Å². The molecule has 0 radical (unpaired) electrons. The highest BCUT2D eigenvalue weighted by atomic mass is 32.1. The molecular weight excluding hydrogens is 346 g/mol. The molecule has 1 heterocycles. The SMILES string of the molecule is CCN(CCC(=O)O)c1ccc(N=Nc2ncc([N+](=O)[O-])s2)c(C)c1. The Morgan fingerprint density at radius 1 is 1.44 bits per heavy atom. The molecule has 1 N–H and O–H groups in total. The summed E-state index contributed by atoms with van der Waals surface area (Å²) >= 11 is 0.853. The summed E-state index contributed by atoms with van der Waals surface area (Å²) in [7, 11) is 0. The summed E-state index contributed by atoms with van der Waals surface area (Å²) in [5.74, 6) is -0.835. The Hall–Kier alpha value is -2.88. The number of aromatic nitrogens is 1. The first-order chi connectivity index (χ1) is 11.9. The van der Waals surface area contributed by atoms with Gasteiger partial charge in [0.05, 0.1) is 17.0 Å². The zero-order valence-electron chi connectivity index (χ0n) is 13.7. The minimum atomic E-state index is -0.835. The van der Waals surface area contributed by atoms with Crippen LogP contribution in [0, 0.1) is 17.0 Å². The third-order valence-corrected chi connectivity index (χ3v) is 4.26. The number of aryl methyl sites for hydroxylation is 1. The van der Waals surface area contributed by atoms with Crippen molar-refractivity contribution >= 4 is 38.8 Å². The van der Waals surface area contributed by atoms with Crippen LogP contribution in [0.5, 0.6) is 0 Å². The molecule has 0 spiro atoms. The van der Waals surface area contributed by atoms with Crippen LogP contribution < -0.4 is 4.90 Å². The quantitative estimate of drug-likeness (QED) is 0.428. The van der Waals surface area contributed by atoms with Crippen molar-refractivity contribution in [3.8, 4) is 0 Å². The monoisotopic (exact) mass is 363 g/mol. The molecule has 0 saturated carbocycles. The van der Waals surface area contributed by atoms with Crippen LogP contribution in [0.1, 0.15) is 18.9 Å². The van der Waals surface area contributed by atoms with E-state index in [9.17, 15) is 14.9 Å². The topological polar surface area (TPSA) is 121 Å². The summed E-state index contributed by atoms with van der Waals surface area (Å²) in [5, 5.41) is 27.6. The van der Waals surface area contributed by atoms with Gasteiger partial charge in [-0.3, -0.25) is 14.9 Å². The van der Waals surface area contributed by atoms with Gasteiger partial charge in [-0.25, -0.2) is 4.98 Å². The largest absolute Gasteiger partial charge is 0.481 e. The van der Waals surface area contributed by atoms with Crippen molar-refractivity contribution in [1.29, 1.82) is 0 Å². The number of nitro groups is 1. The molecule has 1 aromatic heterocycles. The molecule has 0 bridgehead atoms. The van der Waals surface area contributed by atoms with Gasteiger partial charge in [0.25, 0.3) is 0 Å². The lowest BCUT2D eigenvalue weighted by atomic mass is 10.1. The number of thiazole rings is 1. The fourth-order valence-electron chi connectivity index (χ4n) is 2.13. The van der Waals surface area contributed by atoms with Gasteiger partial charge < -0.3 is 10.0 Å². The third kappa shape index (κ3) is 5.05. The van der Waals surface area contributed by atoms with E-state index in [1.54, 1.807) is 6.07 Å². The second-order valence-corrected chi connectivity index (χ2v) is 6.12. The number of aliphatic carboxylic acids is 1. The van der Waals surface area contributed by atoms with Crippen LogP contribution in [0.15, 0.2) is 34.6 Å². The maximum Gasteiger partial charge on any atom is 0.345 e. The van der Waals surface area contributed by atoms with E-state index in [2.05, 4.69) is 15.2 Å². The zero-order valence-corrected chi connectivity index (χ0v) is 14.6. The Kier molecular flexibility index (Phi) is 6.12. The molecule has 0 aliphatic carbocycles. The fraction of sp³-hybridized carbons (Fsp3) is 0.333. The summed E-state index contributed by atoms with van der Waals surface area (Å²) in [6.45, 7) is 4.94. The van der Waals surface area contributed by atoms with Crippen LogP contribution in [-0.4, -0.2) is 34.1 Å². The lowest BCUT2D eigenvalue weighted by Crippen LogP contribution is -2.25. The van der Waals surface area contributed by atoms with Gasteiger partial charge in [0.15, 0.2) is 0 Å². The van der Waals surface area contributed by atoms with E-state index < -0.39 is 10.9 Å². The van der Waals surface area contributed by atoms with Gasteiger partial charge in [0.1, 0.15) is 6.20 Å². The number of carboxylic acid groups (broad SMARTS) is 1. The highest BCUT2D eigenvalue weighted by molar-refractivity contribution is 7.18. The molecule has 0 unspecified atom stereocenters. The molecule has 25 heavy (non-hydrogen) atoms. The minimum absolute atomic E-state index is 0.0666. The lowest BCUT2D eigenvalue weighted by Gasteiger charge is -2.22. The van der Waals surface area contributed by atoms with Crippen molar-refractivity contribution in [2.75, 3.05) is 18.0 Å². The third-order valence-electron chi connectivity index (χ3n) is 3.43. The summed E-state index contributed by atoms with van der Waals surface area (Å²) in [6, 6.07) is 5.53. The van der Waals surface area contributed by atoms with E-state index in [4.69, 9.17) is 5.11 Å². The number of carbonyl (C=O) groups is 1. The molecule has 10 heteroatoms. The van der Waals surface area contributed by atoms with E-state index in [1.165, 1.54) is 0 Å². The van der Waals surface area contributed by atoms with Crippen LogP contribution in [0.2, 0.25) is 0 Å². The van der Waals surface area contributed by atoms with E-state index in [-0.39, 0.29) is 16.6 Å². The Balaban J connectivity index is 2.13. The van der Waals surface area contributed by atoms with Crippen molar-refractivity contribution in [1.82, 2.24) is 4.98 Å². The number of rotatable bonds is 8. The van der Waals surface area contributed by atoms with E-state index >= 15 is 0 Å². The number of hydrogen-bond acceptors (Lipinski definition) is 8.